The van der Waals surface area contributed by atoms with Gasteiger partial charge in [-0.3, -0.25) is 0 Å². The number of benzene rings is 3. The molecular formula is C23H20N2O2. The van der Waals surface area contributed by atoms with Crippen LogP contribution in [0.3, 0.4) is 0 Å². The van der Waals surface area contributed by atoms with Crippen LogP contribution < -0.4 is 10.1 Å². The highest BCUT2D eigenvalue weighted by Crippen LogP contribution is 2.22. The predicted molar refractivity (Wildman–Crippen MR) is 108 cm³/mol. The fourth-order valence-electron chi connectivity index (χ4n) is 3.13. The van der Waals surface area contributed by atoms with Gasteiger partial charge in [0.05, 0.1) is 0 Å². The lowest BCUT2D eigenvalue weighted by molar-refractivity contribution is 0.200. The molecule has 0 aliphatic rings. The molecule has 4 nitrogen and oxygen atoms in total. The molecule has 134 valence electrons. The Morgan fingerprint density at radius 3 is 2.37 bits per heavy atom. The zero-order valence-electron chi connectivity index (χ0n) is 14.8. The van der Waals surface area contributed by atoms with Crippen LogP contribution in [0.15, 0.2) is 85.1 Å². The van der Waals surface area contributed by atoms with E-state index in [1.165, 1.54) is 10.9 Å². The van der Waals surface area contributed by atoms with Crippen LogP contribution in [0.5, 0.6) is 5.75 Å². The highest BCUT2D eigenvalue weighted by atomic mass is 16.5. The first-order valence-corrected chi connectivity index (χ1v) is 8.96. The van der Waals surface area contributed by atoms with Gasteiger partial charge in [0.25, 0.3) is 0 Å². The predicted octanol–water partition coefficient (Wildman–Crippen LogP) is 5.17. The molecule has 1 aromatic heterocycles. The molecule has 1 amide bonds. The topological polar surface area (TPSA) is 54.1 Å². The second kappa shape index (κ2) is 7.79. The Balaban J connectivity index is 1.30. The molecule has 4 rings (SSSR count). The second-order valence-electron chi connectivity index (χ2n) is 6.32. The number of nitrogens with one attached hydrogen (secondary N) is 2. The summed E-state index contributed by atoms with van der Waals surface area (Å²) >= 11 is 0. The smallest absolute Gasteiger partial charge is 0.410 e. The van der Waals surface area contributed by atoms with Crippen LogP contribution in [0, 0.1) is 0 Å². The van der Waals surface area contributed by atoms with Gasteiger partial charge in [-0.15, -0.1) is 0 Å². The van der Waals surface area contributed by atoms with Gasteiger partial charge in [-0.1, -0.05) is 60.7 Å². The standard InChI is InChI=1S/C23H20N2O2/c26-23(24-15-14-19-16-25-22-9-5-4-8-21(19)22)27-20-12-10-18(11-13-20)17-6-2-1-3-7-17/h1-13,16,25H,14-15H2,(H,24,26). The Morgan fingerprint density at radius 1 is 0.852 bits per heavy atom. The minimum Gasteiger partial charge on any atom is -0.410 e. The maximum Gasteiger partial charge on any atom is 0.412 e. The van der Waals surface area contributed by atoms with Crippen molar-refractivity contribution in [1.29, 1.82) is 0 Å². The van der Waals surface area contributed by atoms with Gasteiger partial charge in [-0.05, 0) is 41.3 Å². The summed E-state index contributed by atoms with van der Waals surface area (Å²) < 4.78 is 5.35. The molecule has 0 aliphatic heterocycles. The molecule has 27 heavy (non-hydrogen) atoms. The summed E-state index contributed by atoms with van der Waals surface area (Å²) in [5.74, 6) is 0.527. The quantitative estimate of drug-likeness (QED) is 0.518. The number of ether oxygens (including phenoxy) is 1. The fraction of sp³-hybridized carbons (Fsp3) is 0.0870. The number of para-hydroxylation sites is 1. The number of hydrogen-bond acceptors (Lipinski definition) is 2. The highest BCUT2D eigenvalue weighted by molar-refractivity contribution is 5.83. The Morgan fingerprint density at radius 2 is 1.56 bits per heavy atom. The number of carbonyl (C=O) groups excluding carboxylic acids is 1. The molecule has 0 radical (unpaired) electrons. The van der Waals surface area contributed by atoms with Gasteiger partial charge in [0.2, 0.25) is 0 Å². The van der Waals surface area contributed by atoms with E-state index in [2.05, 4.69) is 16.4 Å². The molecule has 1 heterocycles. The maximum absolute atomic E-state index is 12.0. The Hall–Kier alpha value is -3.53. The lowest BCUT2D eigenvalue weighted by Gasteiger charge is -2.07. The molecule has 0 saturated heterocycles. The molecule has 4 heteroatoms. The van der Waals surface area contributed by atoms with Crippen LogP contribution >= 0.6 is 0 Å². The summed E-state index contributed by atoms with van der Waals surface area (Å²) in [6.45, 7) is 0.517. The van der Waals surface area contributed by atoms with Crippen LogP contribution in [-0.2, 0) is 6.42 Å². The molecule has 0 unspecified atom stereocenters. The third-order valence-corrected chi connectivity index (χ3v) is 4.51. The molecule has 0 aliphatic carbocycles. The first-order chi connectivity index (χ1) is 13.3. The molecule has 0 atom stereocenters. The largest absolute Gasteiger partial charge is 0.412 e. The van der Waals surface area contributed by atoms with Crippen molar-refractivity contribution in [3.63, 3.8) is 0 Å². The summed E-state index contributed by atoms with van der Waals surface area (Å²) in [6.07, 6.45) is 2.29. The zero-order chi connectivity index (χ0) is 18.5. The van der Waals surface area contributed by atoms with E-state index in [4.69, 9.17) is 4.74 Å². The van der Waals surface area contributed by atoms with Crippen LogP contribution in [-0.4, -0.2) is 17.6 Å². The van der Waals surface area contributed by atoms with Gasteiger partial charge in [-0.2, -0.15) is 0 Å². The van der Waals surface area contributed by atoms with E-state index in [9.17, 15) is 4.79 Å². The Kier molecular flexibility index (Phi) is 4.88. The minimum absolute atomic E-state index is 0.442. The van der Waals surface area contributed by atoms with Crippen molar-refractivity contribution in [2.45, 2.75) is 6.42 Å². The number of aromatic amines is 1. The molecule has 2 N–H and O–H groups in total. The monoisotopic (exact) mass is 356 g/mol. The average Bonchev–Trinajstić information content (AvgIpc) is 3.12. The van der Waals surface area contributed by atoms with Crippen LogP contribution in [0.25, 0.3) is 22.0 Å². The first-order valence-electron chi connectivity index (χ1n) is 8.96. The van der Waals surface area contributed by atoms with Crippen molar-refractivity contribution in [3.8, 4) is 16.9 Å². The second-order valence-corrected chi connectivity index (χ2v) is 6.32. The van der Waals surface area contributed by atoms with E-state index in [0.717, 1.165) is 23.1 Å². The molecular weight excluding hydrogens is 336 g/mol. The van der Waals surface area contributed by atoms with Crippen LogP contribution in [0.4, 0.5) is 4.79 Å². The van der Waals surface area contributed by atoms with Crippen molar-refractivity contribution in [2.24, 2.45) is 0 Å². The summed E-state index contributed by atoms with van der Waals surface area (Å²) in [6, 6.07) is 25.7. The molecule has 0 spiro atoms. The highest BCUT2D eigenvalue weighted by Gasteiger charge is 2.07. The molecule has 3 aromatic carbocycles. The maximum atomic E-state index is 12.0. The third-order valence-electron chi connectivity index (χ3n) is 4.51. The number of hydrogen-bond donors (Lipinski definition) is 2. The van der Waals surface area contributed by atoms with Gasteiger partial charge in [0.1, 0.15) is 5.75 Å². The van der Waals surface area contributed by atoms with Gasteiger partial charge >= 0.3 is 6.09 Å². The Bertz CT molecular complexity index is 1040. The zero-order valence-corrected chi connectivity index (χ0v) is 14.8. The number of rotatable bonds is 5. The van der Waals surface area contributed by atoms with Gasteiger partial charge < -0.3 is 15.0 Å². The summed E-state index contributed by atoms with van der Waals surface area (Å²) in [4.78, 5) is 15.3. The first kappa shape index (κ1) is 16.9. The van der Waals surface area contributed by atoms with E-state index in [1.807, 2.05) is 79.0 Å². The van der Waals surface area contributed by atoms with E-state index >= 15 is 0 Å². The SMILES string of the molecule is O=C(NCCc1c[nH]c2ccccc12)Oc1ccc(-c2ccccc2)cc1. The lowest BCUT2D eigenvalue weighted by Crippen LogP contribution is -2.28. The van der Waals surface area contributed by atoms with E-state index in [-0.39, 0.29) is 0 Å². The molecule has 0 fully saturated rings. The van der Waals surface area contributed by atoms with Crippen molar-refractivity contribution in [1.82, 2.24) is 10.3 Å². The van der Waals surface area contributed by atoms with E-state index in [0.29, 0.717) is 12.3 Å². The number of aromatic nitrogens is 1. The molecule has 4 aromatic rings. The average molecular weight is 356 g/mol. The van der Waals surface area contributed by atoms with Crippen LogP contribution in [0.2, 0.25) is 0 Å². The van der Waals surface area contributed by atoms with Crippen LogP contribution in [0.1, 0.15) is 5.56 Å². The lowest BCUT2D eigenvalue weighted by atomic mass is 10.1. The summed E-state index contributed by atoms with van der Waals surface area (Å²) in [7, 11) is 0. The normalized spacial score (nSPS) is 10.7. The van der Waals surface area contributed by atoms with Crippen molar-refractivity contribution in [3.05, 3.63) is 90.6 Å². The van der Waals surface area contributed by atoms with Crippen molar-refractivity contribution < 1.29 is 9.53 Å². The minimum atomic E-state index is -0.442. The fourth-order valence-corrected chi connectivity index (χ4v) is 3.13. The molecule has 0 bridgehead atoms. The van der Waals surface area contributed by atoms with Crippen molar-refractivity contribution in [2.75, 3.05) is 6.54 Å². The third kappa shape index (κ3) is 4.01. The number of amides is 1. The summed E-state index contributed by atoms with van der Waals surface area (Å²) in [5, 5.41) is 3.99. The number of fused-ring (bicyclic) bond motifs is 1. The van der Waals surface area contributed by atoms with Gasteiger partial charge in [0.15, 0.2) is 0 Å². The van der Waals surface area contributed by atoms with E-state index < -0.39 is 6.09 Å². The number of carbonyl (C=O) groups is 1. The summed E-state index contributed by atoms with van der Waals surface area (Å²) in [5.41, 5.74) is 4.50. The van der Waals surface area contributed by atoms with Gasteiger partial charge in [0, 0.05) is 23.6 Å². The van der Waals surface area contributed by atoms with Gasteiger partial charge in [-0.25, -0.2) is 4.79 Å². The molecule has 0 saturated carbocycles. The van der Waals surface area contributed by atoms with E-state index in [1.54, 1.807) is 0 Å². The Labute approximate surface area is 157 Å². The van der Waals surface area contributed by atoms with Crippen molar-refractivity contribution >= 4 is 17.0 Å². The number of H-pyrrole nitrogens is 1.